The van der Waals surface area contributed by atoms with Crippen molar-refractivity contribution in [1.82, 2.24) is 0 Å². The highest BCUT2D eigenvalue weighted by atomic mass is 79.9. The van der Waals surface area contributed by atoms with Crippen LogP contribution in [0.5, 0.6) is 0 Å². The minimum absolute atomic E-state index is 0.844. The average molecular weight is 370 g/mol. The number of hydrogen-bond acceptors (Lipinski definition) is 1. The molecule has 0 bridgehead atoms. The topological polar surface area (TPSA) is 12.4 Å². The summed E-state index contributed by atoms with van der Waals surface area (Å²) in [5, 5.41) is 0. The quantitative estimate of drug-likeness (QED) is 0.512. The van der Waals surface area contributed by atoms with Crippen molar-refractivity contribution in [2.24, 2.45) is 4.99 Å². The Morgan fingerprint density at radius 1 is 1.04 bits per heavy atom. The molecule has 0 aromatic heterocycles. The first-order valence-electron chi connectivity index (χ1n) is 8.20. The second kappa shape index (κ2) is 9.46. The fourth-order valence-corrected chi connectivity index (χ4v) is 2.74. The van der Waals surface area contributed by atoms with E-state index in [2.05, 4.69) is 83.3 Å². The maximum atomic E-state index is 4.63. The Balaban J connectivity index is 2.20. The molecule has 2 aromatic carbocycles. The van der Waals surface area contributed by atoms with Crippen LogP contribution >= 0.6 is 15.9 Å². The van der Waals surface area contributed by atoms with Crippen molar-refractivity contribution < 1.29 is 0 Å². The van der Waals surface area contributed by atoms with Gasteiger partial charge in [0.1, 0.15) is 0 Å². The number of aliphatic imine (C=N–C) groups is 1. The van der Waals surface area contributed by atoms with Gasteiger partial charge in [0.2, 0.25) is 0 Å². The first-order chi connectivity index (χ1) is 11.2. The van der Waals surface area contributed by atoms with Gasteiger partial charge in [0.15, 0.2) is 0 Å². The van der Waals surface area contributed by atoms with Crippen LogP contribution < -0.4 is 0 Å². The summed E-state index contributed by atoms with van der Waals surface area (Å²) in [4.78, 5) is 6.42. The predicted molar refractivity (Wildman–Crippen MR) is 105 cm³/mol. The van der Waals surface area contributed by atoms with Crippen LogP contribution in [-0.2, 0) is 12.8 Å². The molecule has 0 aliphatic heterocycles. The second-order valence-corrected chi connectivity index (χ2v) is 6.29. The Morgan fingerprint density at radius 3 is 2.39 bits per heavy atom. The van der Waals surface area contributed by atoms with Gasteiger partial charge in [0.25, 0.3) is 0 Å². The number of halogens is 1. The van der Waals surface area contributed by atoms with E-state index in [1.165, 1.54) is 41.5 Å². The highest BCUT2D eigenvalue weighted by Gasteiger charge is 2.07. The number of rotatable bonds is 7. The van der Waals surface area contributed by atoms with Gasteiger partial charge in [0.05, 0.1) is 5.71 Å². The molecule has 2 heteroatoms. The van der Waals surface area contributed by atoms with Crippen molar-refractivity contribution >= 4 is 21.6 Å². The van der Waals surface area contributed by atoms with Crippen LogP contribution in [0.15, 0.2) is 64.7 Å². The van der Waals surface area contributed by atoms with Crippen LogP contribution in [0.4, 0.5) is 0 Å². The highest BCUT2D eigenvalue weighted by molar-refractivity contribution is 9.11. The van der Waals surface area contributed by atoms with E-state index < -0.39 is 0 Å². The van der Waals surface area contributed by atoms with Gasteiger partial charge in [-0.25, -0.2) is 0 Å². The smallest absolute Gasteiger partial charge is 0.0522 e. The lowest BCUT2D eigenvalue weighted by Crippen LogP contribution is -2.07. The lowest BCUT2D eigenvalue weighted by molar-refractivity contribution is 0.795. The van der Waals surface area contributed by atoms with Crippen LogP contribution in [0.25, 0.3) is 0 Å². The van der Waals surface area contributed by atoms with Gasteiger partial charge in [-0.1, -0.05) is 77.8 Å². The van der Waals surface area contributed by atoms with E-state index in [4.69, 9.17) is 0 Å². The molecule has 0 aliphatic carbocycles. The molecule has 0 amide bonds. The van der Waals surface area contributed by atoms with Crippen LogP contribution in [0.3, 0.4) is 0 Å². The summed E-state index contributed by atoms with van der Waals surface area (Å²) in [5.41, 5.74) is 6.29. The number of hydrogen-bond donors (Lipinski definition) is 0. The third-order valence-corrected chi connectivity index (χ3v) is 4.19. The summed E-state index contributed by atoms with van der Waals surface area (Å²) >= 11 is 3.30. The summed E-state index contributed by atoms with van der Waals surface area (Å²) in [7, 11) is 0. The minimum Gasteiger partial charge on any atom is -0.260 e. The van der Waals surface area contributed by atoms with Gasteiger partial charge in [0, 0.05) is 12.6 Å². The molecule has 2 aromatic rings. The fraction of sp³-hybridized carbons (Fsp3) is 0.286. The average Bonchev–Trinajstić information content (AvgIpc) is 2.58. The first kappa shape index (κ1) is 17.7. The summed E-state index contributed by atoms with van der Waals surface area (Å²) in [5.74, 6) is 0. The van der Waals surface area contributed by atoms with Crippen LogP contribution in [0, 0.1) is 6.92 Å². The molecule has 23 heavy (non-hydrogen) atoms. The summed E-state index contributed by atoms with van der Waals surface area (Å²) < 4.78 is 0. The van der Waals surface area contributed by atoms with Gasteiger partial charge in [-0.15, -0.1) is 0 Å². The van der Waals surface area contributed by atoms with Crippen molar-refractivity contribution in [2.75, 3.05) is 0 Å². The molecule has 2 rings (SSSR count). The van der Waals surface area contributed by atoms with Gasteiger partial charge >= 0.3 is 0 Å². The van der Waals surface area contributed by atoms with E-state index in [9.17, 15) is 0 Å². The molecule has 0 fully saturated rings. The van der Waals surface area contributed by atoms with E-state index in [1.54, 1.807) is 11.2 Å². The van der Waals surface area contributed by atoms with E-state index in [1.807, 2.05) is 0 Å². The summed E-state index contributed by atoms with van der Waals surface area (Å²) in [6.45, 7) is 4.37. The summed E-state index contributed by atoms with van der Waals surface area (Å²) in [6.07, 6.45) is 6.31. The first-order valence-corrected chi connectivity index (χ1v) is 9.12. The molecule has 0 N–H and O–H groups in total. The maximum Gasteiger partial charge on any atom is 0.0522 e. The third kappa shape index (κ3) is 5.47. The Bertz CT molecular complexity index is 668. The highest BCUT2D eigenvalue weighted by Crippen LogP contribution is 2.15. The van der Waals surface area contributed by atoms with E-state index in [-0.39, 0.29) is 0 Å². The maximum absolute atomic E-state index is 4.63. The zero-order chi connectivity index (χ0) is 16.5. The van der Waals surface area contributed by atoms with Crippen LogP contribution in [0.1, 0.15) is 42.0 Å². The van der Waals surface area contributed by atoms with E-state index in [0.29, 0.717) is 0 Å². The largest absolute Gasteiger partial charge is 0.260 e. The fourth-order valence-electron chi connectivity index (χ4n) is 2.62. The van der Waals surface area contributed by atoms with E-state index >= 15 is 0 Å². The monoisotopic (exact) mass is 369 g/mol. The van der Waals surface area contributed by atoms with Crippen molar-refractivity contribution in [3.8, 4) is 0 Å². The Labute approximate surface area is 148 Å². The number of nitrogens with zero attached hydrogens (tertiary/aromatic N) is 1. The molecule has 0 aliphatic rings. The standard InChI is InChI=1S/C21H24BrN/c1-3-4-8-18-10-12-19(13-11-18)16-21(23-15-14-22)20-9-6-5-7-17(20)2/h5-7,9-15H,3-4,8,16H2,1-2H3/b15-14+,23-21?. The normalized spacial score (nSPS) is 12.0. The molecule has 0 saturated heterocycles. The number of unbranched alkanes of at least 4 members (excludes halogenated alkanes) is 1. The zero-order valence-electron chi connectivity index (χ0n) is 13.9. The molecule has 0 saturated carbocycles. The SMILES string of the molecule is CCCCc1ccc(CC(=N/C=C/Br)c2ccccc2C)cc1. The molecular formula is C21H24BrN. The van der Waals surface area contributed by atoms with Gasteiger partial charge in [-0.05, 0) is 47.0 Å². The lowest BCUT2D eigenvalue weighted by atomic mass is 9.97. The number of benzene rings is 2. The predicted octanol–water partition coefficient (Wildman–Crippen LogP) is 6.24. The molecule has 0 radical (unpaired) electrons. The van der Waals surface area contributed by atoms with Gasteiger partial charge < -0.3 is 0 Å². The minimum atomic E-state index is 0.844. The molecule has 0 spiro atoms. The number of aryl methyl sites for hydroxylation is 2. The van der Waals surface area contributed by atoms with Crippen LogP contribution in [-0.4, -0.2) is 5.71 Å². The lowest BCUT2D eigenvalue weighted by Gasteiger charge is -2.10. The third-order valence-electron chi connectivity index (χ3n) is 3.96. The molecule has 0 heterocycles. The Morgan fingerprint density at radius 2 is 1.74 bits per heavy atom. The van der Waals surface area contributed by atoms with Gasteiger partial charge in [-0.2, -0.15) is 0 Å². The van der Waals surface area contributed by atoms with Crippen molar-refractivity contribution in [1.29, 1.82) is 0 Å². The molecule has 120 valence electrons. The van der Waals surface area contributed by atoms with Crippen molar-refractivity contribution in [3.05, 3.63) is 82.0 Å². The van der Waals surface area contributed by atoms with Crippen LogP contribution in [0.2, 0.25) is 0 Å². The Hall–Kier alpha value is -1.67. The zero-order valence-corrected chi connectivity index (χ0v) is 15.5. The Kier molecular flexibility index (Phi) is 7.28. The van der Waals surface area contributed by atoms with Crippen molar-refractivity contribution in [2.45, 2.75) is 39.5 Å². The summed E-state index contributed by atoms with van der Waals surface area (Å²) in [6, 6.07) is 17.4. The molecular weight excluding hydrogens is 346 g/mol. The van der Waals surface area contributed by atoms with Gasteiger partial charge in [-0.3, -0.25) is 4.99 Å². The molecule has 0 unspecified atom stereocenters. The second-order valence-electron chi connectivity index (χ2n) is 5.76. The molecule has 1 nitrogen and oxygen atoms in total. The molecule has 0 atom stereocenters. The van der Waals surface area contributed by atoms with Crippen molar-refractivity contribution in [3.63, 3.8) is 0 Å². The van der Waals surface area contributed by atoms with E-state index in [0.717, 1.165) is 12.1 Å².